The molecule has 2 N–H and O–H groups in total. The molecular formula is C19H29N5O3. The fraction of sp³-hybridized carbons (Fsp3) is 0.526. The van der Waals surface area contributed by atoms with Crippen molar-refractivity contribution < 1.29 is 13.9 Å². The second-order valence-electron chi connectivity index (χ2n) is 6.30. The van der Waals surface area contributed by atoms with E-state index in [4.69, 9.17) is 9.15 Å². The molecule has 0 radical (unpaired) electrons. The van der Waals surface area contributed by atoms with Crippen LogP contribution in [-0.2, 0) is 17.8 Å². The van der Waals surface area contributed by atoms with E-state index in [-0.39, 0.29) is 0 Å². The number of methoxy groups -OCH3 is 1. The largest absolute Gasteiger partial charge is 0.465 e. The molecule has 148 valence electrons. The topological polar surface area (TPSA) is 93.7 Å². The van der Waals surface area contributed by atoms with Crippen LogP contribution in [0.4, 0.5) is 0 Å². The van der Waals surface area contributed by atoms with E-state index < -0.39 is 5.97 Å². The van der Waals surface area contributed by atoms with Gasteiger partial charge >= 0.3 is 5.97 Å². The molecule has 0 amide bonds. The number of hydrogen-bond donors (Lipinski definition) is 2. The lowest BCUT2D eigenvalue weighted by molar-refractivity contribution is 0.0599. The van der Waals surface area contributed by atoms with E-state index in [1.165, 1.54) is 12.8 Å². The van der Waals surface area contributed by atoms with Gasteiger partial charge in [0.15, 0.2) is 5.96 Å². The fourth-order valence-corrected chi connectivity index (χ4v) is 2.77. The van der Waals surface area contributed by atoms with Crippen LogP contribution in [0.1, 0.15) is 46.6 Å². The van der Waals surface area contributed by atoms with E-state index in [2.05, 4.69) is 33.7 Å². The summed E-state index contributed by atoms with van der Waals surface area (Å²) in [4.78, 5) is 16.2. The zero-order chi connectivity index (χ0) is 19.8. The van der Waals surface area contributed by atoms with Crippen LogP contribution in [0.5, 0.6) is 0 Å². The zero-order valence-electron chi connectivity index (χ0n) is 16.8. The number of aromatic nitrogens is 2. The van der Waals surface area contributed by atoms with Gasteiger partial charge in [0.1, 0.15) is 23.6 Å². The molecule has 2 aromatic rings. The van der Waals surface area contributed by atoms with Gasteiger partial charge in [-0.15, -0.1) is 0 Å². The number of guanidine groups is 1. The minimum atomic E-state index is -0.402. The molecule has 0 saturated heterocycles. The Morgan fingerprint density at radius 2 is 2.07 bits per heavy atom. The Kier molecular flexibility index (Phi) is 7.45. The summed E-state index contributed by atoms with van der Waals surface area (Å²) in [5.41, 5.74) is 2.64. The number of rotatable bonds is 8. The zero-order valence-corrected chi connectivity index (χ0v) is 16.8. The molecule has 0 atom stereocenters. The average molecular weight is 375 g/mol. The minimum Gasteiger partial charge on any atom is -0.465 e. The van der Waals surface area contributed by atoms with Crippen molar-refractivity contribution in [1.29, 1.82) is 0 Å². The van der Waals surface area contributed by atoms with Gasteiger partial charge in [0.25, 0.3) is 0 Å². The van der Waals surface area contributed by atoms with E-state index >= 15 is 0 Å². The van der Waals surface area contributed by atoms with Crippen molar-refractivity contribution in [1.82, 2.24) is 20.4 Å². The van der Waals surface area contributed by atoms with Gasteiger partial charge in [0, 0.05) is 25.3 Å². The van der Waals surface area contributed by atoms with Crippen molar-refractivity contribution in [2.24, 2.45) is 4.99 Å². The molecule has 0 bridgehead atoms. The van der Waals surface area contributed by atoms with Gasteiger partial charge in [0.05, 0.1) is 12.8 Å². The first-order chi connectivity index (χ1) is 12.9. The lowest BCUT2D eigenvalue weighted by atomic mass is 10.2. The normalized spacial score (nSPS) is 11.5. The summed E-state index contributed by atoms with van der Waals surface area (Å²) in [5, 5.41) is 11.0. The standard InChI is InChI=1S/C19H29N5O3/c1-6-20-19(21-8-7-9-24-14(3)10-13(2)23-24)22-12-16-11-17(15(4)27-16)18(25)26-5/h10-11H,6-9,12H2,1-5H3,(H2,20,21,22). The Balaban J connectivity index is 1.88. The second kappa shape index (κ2) is 9.80. The summed E-state index contributed by atoms with van der Waals surface area (Å²) >= 11 is 0. The van der Waals surface area contributed by atoms with Crippen LogP contribution in [0.15, 0.2) is 21.5 Å². The van der Waals surface area contributed by atoms with Crippen LogP contribution in [0.2, 0.25) is 0 Å². The molecule has 27 heavy (non-hydrogen) atoms. The van der Waals surface area contributed by atoms with E-state index in [1.807, 2.05) is 18.5 Å². The summed E-state index contributed by atoms with van der Waals surface area (Å²) < 4.78 is 12.3. The summed E-state index contributed by atoms with van der Waals surface area (Å²) in [5.74, 6) is 1.46. The minimum absolute atomic E-state index is 0.338. The lowest BCUT2D eigenvalue weighted by Crippen LogP contribution is -2.38. The predicted molar refractivity (Wildman–Crippen MR) is 104 cm³/mol. The molecule has 0 fully saturated rings. The van der Waals surface area contributed by atoms with Crippen molar-refractivity contribution in [2.75, 3.05) is 20.2 Å². The first-order valence-corrected chi connectivity index (χ1v) is 9.15. The number of carbonyl (C=O) groups is 1. The van der Waals surface area contributed by atoms with Crippen LogP contribution in [0, 0.1) is 20.8 Å². The van der Waals surface area contributed by atoms with Crippen molar-refractivity contribution in [3.63, 3.8) is 0 Å². The Morgan fingerprint density at radius 3 is 2.70 bits per heavy atom. The van der Waals surface area contributed by atoms with Gasteiger partial charge in [-0.05, 0) is 46.2 Å². The number of furan rings is 1. The van der Waals surface area contributed by atoms with Gasteiger partial charge in [-0.1, -0.05) is 0 Å². The summed E-state index contributed by atoms with van der Waals surface area (Å²) in [6.07, 6.45) is 0.929. The molecule has 8 heteroatoms. The molecule has 8 nitrogen and oxygen atoms in total. The third-order valence-electron chi connectivity index (χ3n) is 4.05. The molecule has 0 aliphatic rings. The van der Waals surface area contributed by atoms with Crippen molar-refractivity contribution in [3.8, 4) is 0 Å². The van der Waals surface area contributed by atoms with Crippen LogP contribution in [0.3, 0.4) is 0 Å². The van der Waals surface area contributed by atoms with Gasteiger partial charge in [0.2, 0.25) is 0 Å². The number of esters is 1. The first-order valence-electron chi connectivity index (χ1n) is 9.15. The highest BCUT2D eigenvalue weighted by Crippen LogP contribution is 2.16. The third kappa shape index (κ3) is 5.87. The number of nitrogens with zero attached hydrogens (tertiary/aromatic N) is 3. The average Bonchev–Trinajstić information content (AvgIpc) is 3.17. The maximum Gasteiger partial charge on any atom is 0.341 e. The molecule has 0 aliphatic carbocycles. The Labute approximate surface area is 160 Å². The van der Waals surface area contributed by atoms with Gasteiger partial charge in [-0.2, -0.15) is 5.10 Å². The van der Waals surface area contributed by atoms with Crippen LogP contribution < -0.4 is 10.6 Å². The van der Waals surface area contributed by atoms with Crippen LogP contribution >= 0.6 is 0 Å². The van der Waals surface area contributed by atoms with E-state index in [0.29, 0.717) is 29.6 Å². The number of aryl methyl sites for hydroxylation is 4. The molecule has 2 heterocycles. The second-order valence-corrected chi connectivity index (χ2v) is 6.30. The molecule has 0 aromatic carbocycles. The van der Waals surface area contributed by atoms with E-state index in [1.54, 1.807) is 13.0 Å². The molecule has 0 aliphatic heterocycles. The first kappa shape index (κ1) is 20.5. The highest BCUT2D eigenvalue weighted by molar-refractivity contribution is 5.90. The summed E-state index contributed by atoms with van der Waals surface area (Å²) in [7, 11) is 1.35. The van der Waals surface area contributed by atoms with E-state index in [9.17, 15) is 4.79 Å². The number of nitrogens with one attached hydrogen (secondary N) is 2. The summed E-state index contributed by atoms with van der Waals surface area (Å²) in [6.45, 7) is 10.5. The quantitative estimate of drug-likeness (QED) is 0.318. The molecule has 2 aromatic heterocycles. The molecule has 0 saturated carbocycles. The van der Waals surface area contributed by atoms with E-state index in [0.717, 1.165) is 31.7 Å². The van der Waals surface area contributed by atoms with Gasteiger partial charge in [-0.3, -0.25) is 4.68 Å². The Morgan fingerprint density at radius 1 is 1.30 bits per heavy atom. The highest BCUT2D eigenvalue weighted by Gasteiger charge is 2.15. The highest BCUT2D eigenvalue weighted by atomic mass is 16.5. The lowest BCUT2D eigenvalue weighted by Gasteiger charge is -2.11. The van der Waals surface area contributed by atoms with Crippen molar-refractivity contribution in [3.05, 3.63) is 40.6 Å². The Bertz CT molecular complexity index is 791. The van der Waals surface area contributed by atoms with Gasteiger partial charge < -0.3 is 19.8 Å². The third-order valence-corrected chi connectivity index (χ3v) is 4.05. The van der Waals surface area contributed by atoms with Crippen molar-refractivity contribution >= 4 is 11.9 Å². The number of aliphatic imine (C=N–C) groups is 1. The summed E-state index contributed by atoms with van der Waals surface area (Å²) in [6, 6.07) is 3.75. The molecule has 0 unspecified atom stereocenters. The smallest absolute Gasteiger partial charge is 0.341 e. The monoisotopic (exact) mass is 375 g/mol. The number of ether oxygens (including phenoxy) is 1. The van der Waals surface area contributed by atoms with Crippen LogP contribution in [-0.4, -0.2) is 41.9 Å². The van der Waals surface area contributed by atoms with Crippen LogP contribution in [0.25, 0.3) is 0 Å². The maximum atomic E-state index is 11.7. The Hall–Kier alpha value is -2.77. The number of carbonyl (C=O) groups excluding carboxylic acids is 1. The molecule has 0 spiro atoms. The molecule has 2 rings (SSSR count). The predicted octanol–water partition coefficient (Wildman–Crippen LogP) is 2.33. The number of hydrogen-bond acceptors (Lipinski definition) is 5. The van der Waals surface area contributed by atoms with Crippen molar-refractivity contribution in [2.45, 2.75) is 47.2 Å². The van der Waals surface area contributed by atoms with Gasteiger partial charge in [-0.25, -0.2) is 9.79 Å². The molecular weight excluding hydrogens is 346 g/mol. The SMILES string of the molecule is CCNC(=NCc1cc(C(=O)OC)c(C)o1)NCCCn1nc(C)cc1C. The maximum absolute atomic E-state index is 11.7. The fourth-order valence-electron chi connectivity index (χ4n) is 2.77.